The van der Waals surface area contributed by atoms with E-state index in [2.05, 4.69) is 4.72 Å². The van der Waals surface area contributed by atoms with E-state index in [-0.39, 0.29) is 16.9 Å². The monoisotopic (exact) mass is 259 g/mol. The van der Waals surface area contributed by atoms with Gasteiger partial charge in [-0.1, -0.05) is 0 Å². The third-order valence-electron chi connectivity index (χ3n) is 1.99. The average molecular weight is 259 g/mol. The minimum absolute atomic E-state index is 0.0274. The molecule has 1 aromatic rings. The number of nitrogens with zero attached hydrogens (tertiary/aromatic N) is 1. The van der Waals surface area contributed by atoms with E-state index in [1.807, 2.05) is 0 Å². The predicted octanol–water partition coefficient (Wildman–Crippen LogP) is 0.185. The highest BCUT2D eigenvalue weighted by atomic mass is 32.2. The number of aromatic carboxylic acids is 1. The maximum atomic E-state index is 11.6. The molecule has 94 valence electrons. The number of hydrogen-bond donors (Lipinski definition) is 3. The van der Waals surface area contributed by atoms with E-state index in [9.17, 15) is 13.2 Å². The van der Waals surface area contributed by atoms with Gasteiger partial charge in [-0.05, 0) is 18.2 Å². The van der Waals surface area contributed by atoms with Crippen LogP contribution in [0.2, 0.25) is 0 Å². The lowest BCUT2D eigenvalue weighted by Crippen LogP contribution is -2.29. The van der Waals surface area contributed by atoms with Crippen LogP contribution in [0.25, 0.3) is 0 Å². The highest BCUT2D eigenvalue weighted by molar-refractivity contribution is 7.90. The van der Waals surface area contributed by atoms with Crippen LogP contribution in [0.3, 0.4) is 0 Å². The van der Waals surface area contributed by atoms with Crippen LogP contribution >= 0.6 is 0 Å². The molecule has 0 amide bonds. The molecule has 0 aliphatic heterocycles. The summed E-state index contributed by atoms with van der Waals surface area (Å²) < 4.78 is 26.2. The number of nitrogens with two attached hydrogens (primary N) is 1. The Morgan fingerprint density at radius 1 is 1.41 bits per heavy atom. The number of nitrogen functional groups attached to an aromatic ring is 1. The van der Waals surface area contributed by atoms with Crippen LogP contribution in [0.15, 0.2) is 18.2 Å². The summed E-state index contributed by atoms with van der Waals surface area (Å²) in [6, 6.07) is 3.91. The van der Waals surface area contributed by atoms with Gasteiger partial charge < -0.3 is 10.8 Å². The van der Waals surface area contributed by atoms with Gasteiger partial charge in [0.05, 0.1) is 11.3 Å². The molecule has 0 aromatic heterocycles. The first-order valence-corrected chi connectivity index (χ1v) is 6.01. The standard InChI is InChI=1S/C9H13N3O4S/c1-12(2)17(15,16)11-8-4-3-6(10)5-7(8)9(13)14/h3-5,11H,10H2,1-2H3,(H,13,14). The van der Waals surface area contributed by atoms with Crippen LogP contribution in [0.4, 0.5) is 11.4 Å². The highest BCUT2D eigenvalue weighted by Crippen LogP contribution is 2.20. The van der Waals surface area contributed by atoms with Gasteiger partial charge in [-0.3, -0.25) is 4.72 Å². The Kier molecular flexibility index (Phi) is 3.59. The average Bonchev–Trinajstić information content (AvgIpc) is 2.19. The van der Waals surface area contributed by atoms with Crippen LogP contribution < -0.4 is 10.5 Å². The maximum absolute atomic E-state index is 11.6. The quantitative estimate of drug-likeness (QED) is 0.668. The lowest BCUT2D eigenvalue weighted by Gasteiger charge is -2.15. The first-order chi connectivity index (χ1) is 7.74. The van der Waals surface area contributed by atoms with Crippen LogP contribution in [0, 0.1) is 0 Å². The number of benzene rings is 1. The van der Waals surface area contributed by atoms with Gasteiger partial charge in [-0.25, -0.2) is 4.79 Å². The number of carboxylic acid groups (broad SMARTS) is 1. The molecule has 0 heterocycles. The maximum Gasteiger partial charge on any atom is 0.337 e. The third kappa shape index (κ3) is 3.08. The Bertz CT molecular complexity index is 539. The molecule has 1 rings (SSSR count). The molecule has 0 aliphatic carbocycles. The normalized spacial score (nSPS) is 11.5. The molecule has 0 spiro atoms. The summed E-state index contributed by atoms with van der Waals surface area (Å²) in [6.45, 7) is 0. The van der Waals surface area contributed by atoms with Gasteiger partial charge >= 0.3 is 16.2 Å². The van der Waals surface area contributed by atoms with Crippen molar-refractivity contribution in [2.45, 2.75) is 0 Å². The van der Waals surface area contributed by atoms with Crippen LogP contribution in [-0.4, -0.2) is 37.9 Å². The zero-order valence-corrected chi connectivity index (χ0v) is 10.2. The molecule has 0 bridgehead atoms. The molecule has 0 fully saturated rings. The van der Waals surface area contributed by atoms with Crippen molar-refractivity contribution in [1.82, 2.24) is 4.31 Å². The van der Waals surface area contributed by atoms with Gasteiger partial charge in [0.2, 0.25) is 0 Å². The first-order valence-electron chi connectivity index (χ1n) is 4.57. The molecule has 7 nitrogen and oxygen atoms in total. The predicted molar refractivity (Wildman–Crippen MR) is 64.0 cm³/mol. The van der Waals surface area contributed by atoms with Gasteiger partial charge in [0.25, 0.3) is 0 Å². The second kappa shape index (κ2) is 4.60. The van der Waals surface area contributed by atoms with E-state index in [1.165, 1.54) is 32.3 Å². The van der Waals surface area contributed by atoms with Crippen molar-refractivity contribution >= 4 is 27.6 Å². The minimum atomic E-state index is -3.74. The lowest BCUT2D eigenvalue weighted by atomic mass is 10.1. The number of hydrogen-bond acceptors (Lipinski definition) is 4. The highest BCUT2D eigenvalue weighted by Gasteiger charge is 2.18. The van der Waals surface area contributed by atoms with Crippen molar-refractivity contribution in [3.63, 3.8) is 0 Å². The minimum Gasteiger partial charge on any atom is -0.478 e. The second-order valence-electron chi connectivity index (χ2n) is 3.50. The van der Waals surface area contributed by atoms with Crippen LogP contribution in [0.1, 0.15) is 10.4 Å². The van der Waals surface area contributed by atoms with E-state index in [0.29, 0.717) is 0 Å². The fourth-order valence-corrected chi connectivity index (χ4v) is 1.70. The van der Waals surface area contributed by atoms with E-state index in [1.54, 1.807) is 0 Å². The topological polar surface area (TPSA) is 113 Å². The van der Waals surface area contributed by atoms with Gasteiger partial charge in [-0.2, -0.15) is 12.7 Å². The van der Waals surface area contributed by atoms with E-state index in [0.717, 1.165) is 4.31 Å². The van der Waals surface area contributed by atoms with Crippen molar-refractivity contribution < 1.29 is 18.3 Å². The van der Waals surface area contributed by atoms with Crippen molar-refractivity contribution in [2.24, 2.45) is 0 Å². The molecule has 0 saturated carbocycles. The summed E-state index contributed by atoms with van der Waals surface area (Å²) in [4.78, 5) is 10.9. The molecule has 0 atom stereocenters. The zero-order valence-electron chi connectivity index (χ0n) is 9.34. The first kappa shape index (κ1) is 13.3. The summed E-state index contributed by atoms with van der Waals surface area (Å²) in [5.74, 6) is -1.26. The van der Waals surface area contributed by atoms with Crippen molar-refractivity contribution in [3.8, 4) is 0 Å². The Morgan fingerprint density at radius 3 is 2.47 bits per heavy atom. The van der Waals surface area contributed by atoms with Gasteiger partial charge in [0.15, 0.2) is 0 Å². The SMILES string of the molecule is CN(C)S(=O)(=O)Nc1ccc(N)cc1C(=O)O. The second-order valence-corrected chi connectivity index (χ2v) is 5.38. The van der Waals surface area contributed by atoms with Crippen molar-refractivity contribution in [1.29, 1.82) is 0 Å². The summed E-state index contributed by atoms with van der Waals surface area (Å²) >= 11 is 0. The van der Waals surface area contributed by atoms with E-state index in [4.69, 9.17) is 10.8 Å². The van der Waals surface area contributed by atoms with Crippen molar-refractivity contribution in [3.05, 3.63) is 23.8 Å². The number of carbonyl (C=O) groups is 1. The van der Waals surface area contributed by atoms with Gasteiger partial charge in [0.1, 0.15) is 0 Å². The number of anilines is 2. The van der Waals surface area contributed by atoms with Crippen LogP contribution in [0.5, 0.6) is 0 Å². The molecule has 0 aliphatic rings. The van der Waals surface area contributed by atoms with E-state index < -0.39 is 16.2 Å². The summed E-state index contributed by atoms with van der Waals surface area (Å²) in [7, 11) is -1.07. The molecular weight excluding hydrogens is 246 g/mol. The molecule has 4 N–H and O–H groups in total. The third-order valence-corrected chi connectivity index (χ3v) is 3.43. The Hall–Kier alpha value is -1.80. The molecule has 0 radical (unpaired) electrons. The Morgan fingerprint density at radius 2 is 2.00 bits per heavy atom. The summed E-state index contributed by atoms with van der Waals surface area (Å²) in [5, 5.41) is 8.92. The largest absolute Gasteiger partial charge is 0.478 e. The summed E-state index contributed by atoms with van der Waals surface area (Å²) in [5.41, 5.74) is 5.46. The van der Waals surface area contributed by atoms with Gasteiger partial charge in [0, 0.05) is 19.8 Å². The smallest absolute Gasteiger partial charge is 0.337 e. The Balaban J connectivity index is 3.20. The molecule has 17 heavy (non-hydrogen) atoms. The molecule has 1 aromatic carbocycles. The van der Waals surface area contributed by atoms with E-state index >= 15 is 0 Å². The number of carboxylic acids is 1. The fourth-order valence-electron chi connectivity index (χ4n) is 1.06. The zero-order chi connectivity index (χ0) is 13.2. The number of nitrogens with one attached hydrogen (secondary N) is 1. The van der Waals surface area contributed by atoms with Crippen molar-refractivity contribution in [2.75, 3.05) is 24.6 Å². The number of rotatable bonds is 4. The summed E-state index contributed by atoms with van der Waals surface area (Å²) in [6.07, 6.45) is 0. The van der Waals surface area contributed by atoms with Gasteiger partial charge in [-0.15, -0.1) is 0 Å². The molecular formula is C9H13N3O4S. The van der Waals surface area contributed by atoms with Crippen LogP contribution in [-0.2, 0) is 10.2 Å². The molecule has 8 heteroatoms. The molecule has 0 unspecified atom stereocenters. The lowest BCUT2D eigenvalue weighted by molar-refractivity contribution is 0.0698. The Labute approximate surface area is 99.0 Å². The fraction of sp³-hybridized carbons (Fsp3) is 0.222. The molecule has 0 saturated heterocycles.